The maximum Gasteiger partial charge on any atom is 0.272 e. The second kappa shape index (κ2) is 6.72. The number of aromatic nitrogens is 1. The minimum absolute atomic E-state index is 0.250. The molecule has 3 aromatic rings. The molecule has 0 aliphatic heterocycles. The molecular weight excluding hydrogens is 354 g/mol. The van der Waals surface area contributed by atoms with Gasteiger partial charge in [-0.05, 0) is 42.8 Å². The molecule has 0 fully saturated rings. The molecule has 3 rings (SSSR count). The molecule has 7 nitrogen and oxygen atoms in total. The van der Waals surface area contributed by atoms with Crippen LogP contribution in [-0.4, -0.2) is 32.7 Å². The minimum Gasteiger partial charge on any atom is -0.495 e. The smallest absolute Gasteiger partial charge is 0.272 e. The highest BCUT2D eigenvalue weighted by Crippen LogP contribution is 2.29. The maximum atomic E-state index is 12.5. The number of amides is 1. The molecule has 0 bridgehead atoms. The summed E-state index contributed by atoms with van der Waals surface area (Å²) in [7, 11) is -2.04. The van der Waals surface area contributed by atoms with Gasteiger partial charge in [0.05, 0.1) is 19.1 Å². The quantitative estimate of drug-likeness (QED) is 0.640. The van der Waals surface area contributed by atoms with Crippen LogP contribution in [0.3, 0.4) is 0 Å². The van der Waals surface area contributed by atoms with Gasteiger partial charge in [-0.3, -0.25) is 9.52 Å². The lowest BCUT2D eigenvalue weighted by molar-refractivity contribution is 0.102. The molecule has 1 heterocycles. The van der Waals surface area contributed by atoms with Crippen LogP contribution in [0.1, 0.15) is 16.1 Å². The number of carbonyl (C=O) groups is 1. The number of methoxy groups -OCH3 is 1. The Morgan fingerprint density at radius 2 is 1.88 bits per heavy atom. The van der Waals surface area contributed by atoms with Crippen LogP contribution in [0.25, 0.3) is 10.9 Å². The zero-order chi connectivity index (χ0) is 18.9. The molecular formula is C18H19N3O4S. The predicted molar refractivity (Wildman–Crippen MR) is 102 cm³/mol. The topological polar surface area (TPSA) is 100 Å². The molecule has 26 heavy (non-hydrogen) atoms. The highest BCUT2D eigenvalue weighted by atomic mass is 32.2. The van der Waals surface area contributed by atoms with Gasteiger partial charge in [0.25, 0.3) is 5.91 Å². The number of hydrogen-bond donors (Lipinski definition) is 3. The van der Waals surface area contributed by atoms with Gasteiger partial charge in [-0.1, -0.05) is 12.1 Å². The molecule has 0 spiro atoms. The number of nitrogens with one attached hydrogen (secondary N) is 3. The third-order valence-corrected chi connectivity index (χ3v) is 4.37. The average molecular weight is 373 g/mol. The molecule has 136 valence electrons. The molecule has 0 aliphatic rings. The minimum atomic E-state index is -3.48. The van der Waals surface area contributed by atoms with E-state index in [1.807, 2.05) is 25.1 Å². The van der Waals surface area contributed by atoms with Gasteiger partial charge >= 0.3 is 0 Å². The Bertz CT molecular complexity index is 1090. The van der Waals surface area contributed by atoms with E-state index in [0.717, 1.165) is 22.7 Å². The molecule has 0 saturated heterocycles. The molecule has 0 aliphatic carbocycles. The van der Waals surface area contributed by atoms with Crippen molar-refractivity contribution in [1.82, 2.24) is 4.98 Å². The number of anilines is 2. The van der Waals surface area contributed by atoms with Crippen LogP contribution in [0, 0.1) is 6.92 Å². The molecule has 1 amide bonds. The van der Waals surface area contributed by atoms with Gasteiger partial charge in [-0.2, -0.15) is 0 Å². The number of hydrogen-bond acceptors (Lipinski definition) is 4. The average Bonchev–Trinajstić information content (AvgIpc) is 2.97. The first kappa shape index (κ1) is 17.8. The Kier molecular flexibility index (Phi) is 4.60. The summed E-state index contributed by atoms with van der Waals surface area (Å²) in [5.74, 6) is 0.0313. The molecule has 0 unspecified atom stereocenters. The summed E-state index contributed by atoms with van der Waals surface area (Å²) in [5.41, 5.74) is 3.08. The van der Waals surface area contributed by atoms with E-state index in [2.05, 4.69) is 15.0 Å². The Morgan fingerprint density at radius 1 is 1.12 bits per heavy atom. The van der Waals surface area contributed by atoms with Crippen LogP contribution in [0.4, 0.5) is 11.4 Å². The van der Waals surface area contributed by atoms with E-state index in [9.17, 15) is 13.2 Å². The van der Waals surface area contributed by atoms with Crippen LogP contribution < -0.4 is 14.8 Å². The highest BCUT2D eigenvalue weighted by Gasteiger charge is 2.13. The lowest BCUT2D eigenvalue weighted by Crippen LogP contribution is -2.14. The zero-order valence-electron chi connectivity index (χ0n) is 14.6. The Labute approximate surface area is 151 Å². The van der Waals surface area contributed by atoms with Gasteiger partial charge < -0.3 is 15.0 Å². The van der Waals surface area contributed by atoms with Gasteiger partial charge in [0.2, 0.25) is 10.0 Å². The Hall–Kier alpha value is -3.00. The summed E-state index contributed by atoms with van der Waals surface area (Å²) in [4.78, 5) is 15.6. The van der Waals surface area contributed by atoms with E-state index in [0.29, 0.717) is 17.1 Å². The summed E-state index contributed by atoms with van der Waals surface area (Å²) in [6, 6.07) is 12.4. The van der Waals surface area contributed by atoms with Crippen molar-refractivity contribution in [2.24, 2.45) is 0 Å². The fourth-order valence-electron chi connectivity index (χ4n) is 2.63. The molecule has 3 N–H and O–H groups in total. The number of aryl methyl sites for hydroxylation is 1. The largest absolute Gasteiger partial charge is 0.495 e. The van der Waals surface area contributed by atoms with Crippen LogP contribution >= 0.6 is 0 Å². The SMILES string of the molecule is COc1ccc(NC(=O)c2cc3ccc(C)cc3[nH]2)cc1NS(C)(=O)=O. The van der Waals surface area contributed by atoms with Gasteiger partial charge in [0.15, 0.2) is 0 Å². The van der Waals surface area contributed by atoms with Gasteiger partial charge in [-0.15, -0.1) is 0 Å². The number of rotatable bonds is 5. The number of H-pyrrole nitrogens is 1. The third kappa shape index (κ3) is 3.97. The number of fused-ring (bicyclic) bond motifs is 1. The van der Waals surface area contributed by atoms with E-state index < -0.39 is 10.0 Å². The number of carbonyl (C=O) groups excluding carboxylic acids is 1. The van der Waals surface area contributed by atoms with Crippen molar-refractivity contribution in [1.29, 1.82) is 0 Å². The number of sulfonamides is 1. The second-order valence-corrected chi connectivity index (χ2v) is 7.77. The normalized spacial score (nSPS) is 11.3. The number of benzene rings is 2. The lowest BCUT2D eigenvalue weighted by Gasteiger charge is -2.12. The fraction of sp³-hybridized carbons (Fsp3) is 0.167. The zero-order valence-corrected chi connectivity index (χ0v) is 15.4. The summed E-state index contributed by atoms with van der Waals surface area (Å²) in [6.07, 6.45) is 1.05. The first-order valence-corrected chi connectivity index (χ1v) is 9.71. The summed E-state index contributed by atoms with van der Waals surface area (Å²) in [5, 5.41) is 3.69. The number of ether oxygens (including phenoxy) is 1. The first-order valence-electron chi connectivity index (χ1n) is 7.82. The second-order valence-electron chi connectivity index (χ2n) is 6.02. The highest BCUT2D eigenvalue weighted by molar-refractivity contribution is 7.92. The Morgan fingerprint density at radius 3 is 2.58 bits per heavy atom. The molecule has 8 heteroatoms. The summed E-state index contributed by atoms with van der Waals surface area (Å²) < 4.78 is 30.5. The van der Waals surface area contributed by atoms with Gasteiger partial charge in [0.1, 0.15) is 11.4 Å². The van der Waals surface area contributed by atoms with E-state index in [1.165, 1.54) is 13.2 Å². The van der Waals surface area contributed by atoms with Crippen molar-refractivity contribution < 1.29 is 17.9 Å². The lowest BCUT2D eigenvalue weighted by atomic mass is 10.2. The van der Waals surface area contributed by atoms with E-state index >= 15 is 0 Å². The maximum absolute atomic E-state index is 12.5. The van der Waals surface area contributed by atoms with Crippen molar-refractivity contribution >= 4 is 38.2 Å². The molecule has 0 atom stereocenters. The van der Waals surface area contributed by atoms with Gasteiger partial charge in [-0.25, -0.2) is 8.42 Å². The molecule has 1 aromatic heterocycles. The van der Waals surface area contributed by atoms with Crippen molar-refractivity contribution in [3.05, 3.63) is 53.7 Å². The fourth-order valence-corrected chi connectivity index (χ4v) is 3.19. The van der Waals surface area contributed by atoms with Crippen LogP contribution in [0.5, 0.6) is 5.75 Å². The van der Waals surface area contributed by atoms with Gasteiger partial charge in [0, 0.05) is 16.6 Å². The van der Waals surface area contributed by atoms with Crippen molar-refractivity contribution in [3.8, 4) is 5.75 Å². The monoisotopic (exact) mass is 373 g/mol. The van der Waals surface area contributed by atoms with Crippen LogP contribution in [-0.2, 0) is 10.0 Å². The van der Waals surface area contributed by atoms with E-state index in [1.54, 1.807) is 18.2 Å². The van der Waals surface area contributed by atoms with E-state index in [4.69, 9.17) is 4.74 Å². The first-order chi connectivity index (χ1) is 12.2. The van der Waals surface area contributed by atoms with Crippen molar-refractivity contribution in [2.45, 2.75) is 6.92 Å². The summed E-state index contributed by atoms with van der Waals surface area (Å²) >= 11 is 0. The molecule has 0 saturated carbocycles. The van der Waals surface area contributed by atoms with Crippen LogP contribution in [0.2, 0.25) is 0 Å². The predicted octanol–water partition coefficient (Wildman–Crippen LogP) is 3.11. The number of aromatic amines is 1. The van der Waals surface area contributed by atoms with E-state index in [-0.39, 0.29) is 11.6 Å². The Balaban J connectivity index is 1.87. The standard InChI is InChI=1S/C18H19N3O4S/c1-11-4-5-12-9-16(20-14(12)8-11)18(22)19-13-6-7-17(25-2)15(10-13)21-26(3,23)24/h4-10,20-21H,1-3H3,(H,19,22). The van der Waals surface area contributed by atoms with Crippen LogP contribution in [0.15, 0.2) is 42.5 Å². The summed E-state index contributed by atoms with van der Waals surface area (Å²) in [6.45, 7) is 1.98. The molecule has 2 aromatic carbocycles. The van der Waals surface area contributed by atoms with Crippen molar-refractivity contribution in [3.63, 3.8) is 0 Å². The van der Waals surface area contributed by atoms with Crippen molar-refractivity contribution in [2.75, 3.05) is 23.4 Å². The third-order valence-electron chi connectivity index (χ3n) is 3.78. The molecule has 0 radical (unpaired) electrons.